The Morgan fingerprint density at radius 2 is 2.09 bits per heavy atom. The lowest BCUT2D eigenvalue weighted by Gasteiger charge is -2.21. The van der Waals surface area contributed by atoms with E-state index in [2.05, 4.69) is 4.74 Å². The fourth-order valence-corrected chi connectivity index (χ4v) is 1.03. The molecule has 11 heavy (non-hydrogen) atoms. The van der Waals surface area contributed by atoms with Crippen LogP contribution in [0.5, 0.6) is 0 Å². The molecule has 5 heteroatoms. The molecule has 1 fully saturated rings. The molecule has 4 atom stereocenters. The summed E-state index contributed by atoms with van der Waals surface area (Å²) in [7, 11) is 0. The molecule has 0 aromatic carbocycles. The van der Waals surface area contributed by atoms with Gasteiger partial charge in [-0.1, -0.05) is 0 Å². The number of carbonyl (C=O) groups is 1. The first-order valence-corrected chi connectivity index (χ1v) is 3.22. The SMILES string of the molecule is C[C@@H]1O[C@@H](O)[C@H](O)[C@@]1(O)C=O. The first-order chi connectivity index (χ1) is 5.02. The molecule has 0 spiro atoms. The lowest BCUT2D eigenvalue weighted by atomic mass is 9.96. The van der Waals surface area contributed by atoms with Crippen molar-refractivity contribution in [3.8, 4) is 0 Å². The summed E-state index contributed by atoms with van der Waals surface area (Å²) < 4.78 is 4.60. The van der Waals surface area contributed by atoms with Crippen LogP contribution in [0.2, 0.25) is 0 Å². The lowest BCUT2D eigenvalue weighted by Crippen LogP contribution is -2.48. The molecule has 1 rings (SSSR count). The van der Waals surface area contributed by atoms with Gasteiger partial charge in [-0.25, -0.2) is 0 Å². The van der Waals surface area contributed by atoms with Gasteiger partial charge >= 0.3 is 0 Å². The van der Waals surface area contributed by atoms with E-state index in [-0.39, 0.29) is 6.29 Å². The number of carbonyl (C=O) groups excluding carboxylic acids is 1. The van der Waals surface area contributed by atoms with Gasteiger partial charge in [0.05, 0.1) is 6.10 Å². The summed E-state index contributed by atoms with van der Waals surface area (Å²) in [6.45, 7) is 1.40. The van der Waals surface area contributed by atoms with Crippen molar-refractivity contribution in [3.63, 3.8) is 0 Å². The van der Waals surface area contributed by atoms with Crippen molar-refractivity contribution in [1.82, 2.24) is 0 Å². The molecule has 5 nitrogen and oxygen atoms in total. The van der Waals surface area contributed by atoms with Crippen molar-refractivity contribution in [2.45, 2.75) is 31.0 Å². The number of aliphatic hydroxyl groups excluding tert-OH is 2. The smallest absolute Gasteiger partial charge is 0.184 e. The normalized spacial score (nSPS) is 51.1. The maximum Gasteiger partial charge on any atom is 0.184 e. The van der Waals surface area contributed by atoms with E-state index in [4.69, 9.17) is 10.2 Å². The Morgan fingerprint density at radius 1 is 1.55 bits per heavy atom. The first kappa shape index (κ1) is 8.61. The molecule has 1 aliphatic heterocycles. The third-order valence-electron chi connectivity index (χ3n) is 1.93. The summed E-state index contributed by atoms with van der Waals surface area (Å²) in [5, 5.41) is 27.2. The molecule has 3 N–H and O–H groups in total. The maximum atomic E-state index is 10.3. The van der Waals surface area contributed by atoms with E-state index >= 15 is 0 Å². The van der Waals surface area contributed by atoms with Crippen LogP contribution in [0, 0.1) is 0 Å². The minimum Gasteiger partial charge on any atom is -0.384 e. The van der Waals surface area contributed by atoms with Crippen LogP contribution in [0.25, 0.3) is 0 Å². The number of hydrogen-bond acceptors (Lipinski definition) is 5. The fourth-order valence-electron chi connectivity index (χ4n) is 1.03. The van der Waals surface area contributed by atoms with Gasteiger partial charge in [-0.15, -0.1) is 0 Å². The largest absolute Gasteiger partial charge is 0.384 e. The van der Waals surface area contributed by atoms with E-state index in [1.165, 1.54) is 6.92 Å². The summed E-state index contributed by atoms with van der Waals surface area (Å²) >= 11 is 0. The molecular formula is C6H10O5. The van der Waals surface area contributed by atoms with Gasteiger partial charge in [-0.2, -0.15) is 0 Å². The average Bonchev–Trinajstić information content (AvgIpc) is 2.16. The van der Waals surface area contributed by atoms with Crippen LogP contribution in [-0.4, -0.2) is 45.7 Å². The third kappa shape index (κ3) is 1.06. The van der Waals surface area contributed by atoms with Crippen LogP contribution >= 0.6 is 0 Å². The molecular weight excluding hydrogens is 152 g/mol. The zero-order valence-corrected chi connectivity index (χ0v) is 5.97. The number of hydrogen-bond donors (Lipinski definition) is 3. The van der Waals surface area contributed by atoms with E-state index in [1.54, 1.807) is 0 Å². The maximum absolute atomic E-state index is 10.3. The van der Waals surface area contributed by atoms with Gasteiger partial charge in [-0.05, 0) is 6.92 Å². The molecule has 0 saturated carbocycles. The Morgan fingerprint density at radius 3 is 2.27 bits per heavy atom. The second kappa shape index (κ2) is 2.53. The molecule has 64 valence electrons. The highest BCUT2D eigenvalue weighted by molar-refractivity contribution is 5.65. The number of aliphatic hydroxyl groups is 3. The van der Waals surface area contributed by atoms with Gasteiger partial charge in [0.25, 0.3) is 0 Å². The number of aldehydes is 1. The summed E-state index contributed by atoms with van der Waals surface area (Å²) in [6, 6.07) is 0. The van der Waals surface area contributed by atoms with Gasteiger partial charge in [0.1, 0.15) is 6.10 Å². The molecule has 1 heterocycles. The molecule has 0 aliphatic carbocycles. The highest BCUT2D eigenvalue weighted by Gasteiger charge is 2.52. The van der Waals surface area contributed by atoms with Crippen molar-refractivity contribution in [2.75, 3.05) is 0 Å². The van der Waals surface area contributed by atoms with Crippen LogP contribution in [0.1, 0.15) is 6.92 Å². The van der Waals surface area contributed by atoms with Crippen molar-refractivity contribution >= 4 is 6.29 Å². The number of ether oxygens (including phenoxy) is 1. The van der Waals surface area contributed by atoms with E-state index in [1.807, 2.05) is 0 Å². The van der Waals surface area contributed by atoms with Gasteiger partial charge < -0.3 is 20.1 Å². The van der Waals surface area contributed by atoms with Gasteiger partial charge in [0.2, 0.25) is 0 Å². The standard InChI is InChI=1S/C6H10O5/c1-3-6(10,2-7)4(8)5(9)11-3/h2-5,8-10H,1H3/t3-,4-,5+,6+/m0/s1. The summed E-state index contributed by atoms with van der Waals surface area (Å²) in [5.74, 6) is 0. The predicted octanol–water partition coefficient (Wildman–Crippen LogP) is -1.99. The van der Waals surface area contributed by atoms with Gasteiger partial charge in [0.15, 0.2) is 18.2 Å². The average molecular weight is 162 g/mol. The molecule has 0 aromatic rings. The van der Waals surface area contributed by atoms with Crippen molar-refractivity contribution in [2.24, 2.45) is 0 Å². The van der Waals surface area contributed by atoms with Crippen LogP contribution in [0.4, 0.5) is 0 Å². The van der Waals surface area contributed by atoms with E-state index in [0.29, 0.717) is 0 Å². The molecule has 0 aromatic heterocycles. The predicted molar refractivity (Wildman–Crippen MR) is 33.6 cm³/mol. The van der Waals surface area contributed by atoms with Crippen molar-refractivity contribution in [3.05, 3.63) is 0 Å². The Hall–Kier alpha value is -0.490. The topological polar surface area (TPSA) is 87.0 Å². The molecule has 0 unspecified atom stereocenters. The minimum atomic E-state index is -1.97. The molecule has 1 aliphatic rings. The lowest BCUT2D eigenvalue weighted by molar-refractivity contribution is -0.139. The summed E-state index contributed by atoms with van der Waals surface area (Å²) in [5.41, 5.74) is -1.97. The Labute approximate surface area is 63.2 Å². The fraction of sp³-hybridized carbons (Fsp3) is 0.833. The summed E-state index contributed by atoms with van der Waals surface area (Å²) in [6.07, 6.45) is -3.75. The van der Waals surface area contributed by atoms with Gasteiger partial charge in [0, 0.05) is 0 Å². The second-order valence-electron chi connectivity index (χ2n) is 2.62. The van der Waals surface area contributed by atoms with Gasteiger partial charge in [-0.3, -0.25) is 4.79 Å². The number of rotatable bonds is 1. The zero-order valence-electron chi connectivity index (χ0n) is 5.97. The highest BCUT2D eigenvalue weighted by Crippen LogP contribution is 2.27. The molecule has 0 radical (unpaired) electrons. The first-order valence-electron chi connectivity index (χ1n) is 3.22. The summed E-state index contributed by atoms with van der Waals surface area (Å²) in [4.78, 5) is 10.3. The quantitative estimate of drug-likeness (QED) is 0.389. The molecule has 0 amide bonds. The van der Waals surface area contributed by atoms with Crippen LogP contribution in [0.3, 0.4) is 0 Å². The molecule has 0 bridgehead atoms. The zero-order chi connectivity index (χ0) is 8.65. The van der Waals surface area contributed by atoms with E-state index < -0.39 is 24.1 Å². The highest BCUT2D eigenvalue weighted by atomic mass is 16.6. The second-order valence-corrected chi connectivity index (χ2v) is 2.62. The molecule has 1 saturated heterocycles. The third-order valence-corrected chi connectivity index (χ3v) is 1.93. The van der Waals surface area contributed by atoms with Crippen LogP contribution < -0.4 is 0 Å². The van der Waals surface area contributed by atoms with Crippen molar-refractivity contribution in [1.29, 1.82) is 0 Å². The monoisotopic (exact) mass is 162 g/mol. The van der Waals surface area contributed by atoms with Crippen LogP contribution in [0.15, 0.2) is 0 Å². The minimum absolute atomic E-state index is 0.179. The Kier molecular flexibility index (Phi) is 1.98. The van der Waals surface area contributed by atoms with E-state index in [0.717, 1.165) is 0 Å². The Balaban J connectivity index is 2.86. The Bertz CT molecular complexity index is 170. The van der Waals surface area contributed by atoms with Crippen molar-refractivity contribution < 1.29 is 24.9 Å². The van der Waals surface area contributed by atoms with E-state index in [9.17, 15) is 9.90 Å². The van der Waals surface area contributed by atoms with Crippen LogP contribution in [-0.2, 0) is 9.53 Å².